The maximum Gasteiger partial charge on any atom is 0.337 e. The first kappa shape index (κ1) is 25.9. The van der Waals surface area contributed by atoms with Gasteiger partial charge in [-0.05, 0) is 62.1 Å². The Balaban J connectivity index is 1.35. The van der Waals surface area contributed by atoms with Crippen molar-refractivity contribution < 1.29 is 23.8 Å². The second-order valence-corrected chi connectivity index (χ2v) is 8.86. The van der Waals surface area contributed by atoms with Crippen LogP contribution in [0.25, 0.3) is 0 Å². The number of nitrogens with zero attached hydrogens (tertiary/aromatic N) is 3. The average molecular weight is 505 g/mol. The molecule has 2 aromatic carbocycles. The number of carbonyl (C=O) groups excluding carboxylic acids is 2. The second-order valence-electron chi connectivity index (χ2n) is 8.86. The fraction of sp³-hybridized carbons (Fsp3) is 0.357. The number of nitrogens with one attached hydrogen (secondary N) is 1. The maximum atomic E-state index is 12.7. The molecule has 0 aliphatic carbocycles. The van der Waals surface area contributed by atoms with Gasteiger partial charge in [0.2, 0.25) is 5.95 Å². The quantitative estimate of drug-likeness (QED) is 0.437. The minimum absolute atomic E-state index is 0.0221. The molecule has 0 unspecified atom stereocenters. The predicted octanol–water partition coefficient (Wildman–Crippen LogP) is 3.95. The highest BCUT2D eigenvalue weighted by Crippen LogP contribution is 2.29. The molecule has 9 nitrogen and oxygen atoms in total. The van der Waals surface area contributed by atoms with E-state index in [1.165, 1.54) is 19.5 Å². The number of esters is 1. The number of methoxy groups -OCH3 is 1. The molecular formula is C28H32N4O5. The van der Waals surface area contributed by atoms with E-state index in [1.807, 2.05) is 44.2 Å². The smallest absolute Gasteiger partial charge is 0.337 e. The van der Waals surface area contributed by atoms with Crippen LogP contribution in [0.1, 0.15) is 51.6 Å². The van der Waals surface area contributed by atoms with Crippen LogP contribution in [0.4, 0.5) is 5.95 Å². The fourth-order valence-corrected chi connectivity index (χ4v) is 4.30. The number of benzene rings is 2. The van der Waals surface area contributed by atoms with Gasteiger partial charge >= 0.3 is 5.97 Å². The Morgan fingerprint density at radius 1 is 1.08 bits per heavy atom. The number of ether oxygens (including phenoxy) is 3. The van der Waals surface area contributed by atoms with Crippen LogP contribution < -0.4 is 19.7 Å². The minimum atomic E-state index is -0.413. The van der Waals surface area contributed by atoms with Gasteiger partial charge in [0.25, 0.3) is 5.91 Å². The number of rotatable bonds is 9. The molecule has 1 atom stereocenters. The summed E-state index contributed by atoms with van der Waals surface area (Å²) in [5.41, 5.74) is 2.52. The molecule has 1 saturated heterocycles. The van der Waals surface area contributed by atoms with Crippen molar-refractivity contribution in [2.24, 2.45) is 0 Å². The SMILES string of the molecule is CCOc1ccccc1O[C@@H]1CCCN(c2ncc(C(=O)NCc3cc(C)cc(C(=O)OC)c3)cn2)C1. The lowest BCUT2D eigenvalue weighted by Crippen LogP contribution is -2.42. The lowest BCUT2D eigenvalue weighted by atomic mass is 10.1. The molecule has 1 amide bonds. The normalized spacial score (nSPS) is 15.1. The van der Waals surface area contributed by atoms with Crippen LogP contribution in [0.15, 0.2) is 54.9 Å². The van der Waals surface area contributed by atoms with E-state index in [4.69, 9.17) is 14.2 Å². The molecule has 1 N–H and O–H groups in total. The van der Waals surface area contributed by atoms with Gasteiger partial charge in [-0.3, -0.25) is 4.79 Å². The van der Waals surface area contributed by atoms with E-state index < -0.39 is 5.97 Å². The highest BCUT2D eigenvalue weighted by atomic mass is 16.5. The third kappa shape index (κ3) is 6.75. The van der Waals surface area contributed by atoms with E-state index in [9.17, 15) is 9.59 Å². The first-order valence-electron chi connectivity index (χ1n) is 12.4. The first-order valence-corrected chi connectivity index (χ1v) is 12.4. The summed E-state index contributed by atoms with van der Waals surface area (Å²) in [5, 5.41) is 2.86. The van der Waals surface area contributed by atoms with Crippen LogP contribution in [0, 0.1) is 6.92 Å². The van der Waals surface area contributed by atoms with E-state index in [0.717, 1.165) is 42.0 Å². The molecule has 0 spiro atoms. The van der Waals surface area contributed by atoms with E-state index >= 15 is 0 Å². The predicted molar refractivity (Wildman–Crippen MR) is 139 cm³/mol. The zero-order valence-corrected chi connectivity index (χ0v) is 21.4. The molecule has 1 aliphatic heterocycles. The van der Waals surface area contributed by atoms with Crippen molar-refractivity contribution in [2.45, 2.75) is 39.3 Å². The van der Waals surface area contributed by atoms with Crippen LogP contribution in [0.3, 0.4) is 0 Å². The van der Waals surface area contributed by atoms with Crippen molar-refractivity contribution in [3.8, 4) is 11.5 Å². The van der Waals surface area contributed by atoms with E-state index in [2.05, 4.69) is 20.2 Å². The minimum Gasteiger partial charge on any atom is -0.490 e. The monoisotopic (exact) mass is 504 g/mol. The Morgan fingerprint density at radius 2 is 1.84 bits per heavy atom. The zero-order valence-electron chi connectivity index (χ0n) is 21.4. The Labute approximate surface area is 216 Å². The molecule has 1 aliphatic rings. The van der Waals surface area contributed by atoms with Crippen LogP contribution in [-0.2, 0) is 11.3 Å². The van der Waals surface area contributed by atoms with Gasteiger partial charge < -0.3 is 24.4 Å². The van der Waals surface area contributed by atoms with E-state index in [1.54, 1.807) is 12.1 Å². The van der Waals surface area contributed by atoms with Crippen molar-refractivity contribution in [3.63, 3.8) is 0 Å². The highest BCUT2D eigenvalue weighted by molar-refractivity contribution is 5.93. The molecule has 0 saturated carbocycles. The standard InChI is InChI=1S/C28H32N4O5/c1-4-36-24-9-5-6-10-25(24)37-23-8-7-11-32(18-23)28-30-16-22(17-31-28)26(33)29-15-20-12-19(2)13-21(14-20)27(34)35-3/h5-6,9-10,12-14,16-17,23H,4,7-8,11,15,18H2,1-3H3,(H,29,33)/t23-/m1/s1. The molecule has 9 heteroatoms. The average Bonchev–Trinajstić information content (AvgIpc) is 2.92. The molecule has 1 aromatic heterocycles. The summed E-state index contributed by atoms with van der Waals surface area (Å²) in [5.74, 6) is 1.32. The molecule has 2 heterocycles. The number of carbonyl (C=O) groups is 2. The second kappa shape index (κ2) is 12.2. The largest absolute Gasteiger partial charge is 0.490 e. The summed E-state index contributed by atoms with van der Waals surface area (Å²) < 4.78 is 16.7. The summed E-state index contributed by atoms with van der Waals surface area (Å²) in [7, 11) is 1.34. The number of para-hydroxylation sites is 2. The van der Waals surface area contributed by atoms with Gasteiger partial charge in [-0.15, -0.1) is 0 Å². The summed E-state index contributed by atoms with van der Waals surface area (Å²) >= 11 is 0. The highest BCUT2D eigenvalue weighted by Gasteiger charge is 2.24. The molecule has 37 heavy (non-hydrogen) atoms. The Hall–Kier alpha value is -4.14. The van der Waals surface area contributed by atoms with Gasteiger partial charge in [0, 0.05) is 25.5 Å². The van der Waals surface area contributed by atoms with E-state index in [0.29, 0.717) is 30.2 Å². The van der Waals surface area contributed by atoms with Gasteiger partial charge in [0.15, 0.2) is 11.5 Å². The van der Waals surface area contributed by atoms with Crippen molar-refractivity contribution >= 4 is 17.8 Å². The zero-order chi connectivity index (χ0) is 26.2. The number of hydrogen-bond donors (Lipinski definition) is 1. The van der Waals surface area contributed by atoms with Gasteiger partial charge in [-0.2, -0.15) is 0 Å². The lowest BCUT2D eigenvalue weighted by Gasteiger charge is -2.33. The van der Waals surface area contributed by atoms with Crippen molar-refractivity contribution in [2.75, 3.05) is 31.7 Å². The summed E-state index contributed by atoms with van der Waals surface area (Å²) in [4.78, 5) is 35.5. The molecule has 1 fully saturated rings. The maximum absolute atomic E-state index is 12.7. The van der Waals surface area contributed by atoms with Crippen molar-refractivity contribution in [3.05, 3.63) is 77.1 Å². The van der Waals surface area contributed by atoms with Gasteiger partial charge in [0.1, 0.15) is 6.10 Å². The molecule has 4 rings (SSSR count). The van der Waals surface area contributed by atoms with Crippen LogP contribution >= 0.6 is 0 Å². The molecule has 194 valence electrons. The van der Waals surface area contributed by atoms with Crippen molar-refractivity contribution in [1.29, 1.82) is 0 Å². The van der Waals surface area contributed by atoms with Gasteiger partial charge in [-0.1, -0.05) is 18.2 Å². The van der Waals surface area contributed by atoms with Gasteiger partial charge in [-0.25, -0.2) is 14.8 Å². The van der Waals surface area contributed by atoms with Crippen LogP contribution in [0.5, 0.6) is 11.5 Å². The molecular weight excluding hydrogens is 472 g/mol. The fourth-order valence-electron chi connectivity index (χ4n) is 4.30. The molecule has 0 bridgehead atoms. The third-order valence-corrected chi connectivity index (χ3v) is 6.02. The number of amides is 1. The summed E-state index contributed by atoms with van der Waals surface area (Å²) in [6, 6.07) is 13.1. The number of hydrogen-bond acceptors (Lipinski definition) is 8. The lowest BCUT2D eigenvalue weighted by molar-refractivity contribution is 0.0600. The number of aryl methyl sites for hydroxylation is 1. The molecule has 0 radical (unpaired) electrons. The van der Waals surface area contributed by atoms with Crippen molar-refractivity contribution in [1.82, 2.24) is 15.3 Å². The number of aromatic nitrogens is 2. The Bertz CT molecular complexity index is 1230. The number of anilines is 1. The van der Waals surface area contributed by atoms with E-state index in [-0.39, 0.29) is 18.6 Å². The summed E-state index contributed by atoms with van der Waals surface area (Å²) in [6.07, 6.45) is 4.91. The third-order valence-electron chi connectivity index (χ3n) is 6.02. The van der Waals surface area contributed by atoms with Crippen LogP contribution in [0.2, 0.25) is 0 Å². The summed E-state index contributed by atoms with van der Waals surface area (Å²) in [6.45, 7) is 6.13. The first-order chi connectivity index (χ1) is 18.0. The van der Waals surface area contributed by atoms with Gasteiger partial charge in [0.05, 0.1) is 31.4 Å². The van der Waals surface area contributed by atoms with Crippen LogP contribution in [-0.4, -0.2) is 54.8 Å². The molecule has 3 aromatic rings. The Morgan fingerprint density at radius 3 is 2.57 bits per heavy atom. The topological polar surface area (TPSA) is 103 Å². The Kier molecular flexibility index (Phi) is 8.56. The number of piperidine rings is 1.